The summed E-state index contributed by atoms with van der Waals surface area (Å²) in [5.41, 5.74) is 8.24. The maximum absolute atomic E-state index is 9.26. The van der Waals surface area contributed by atoms with Gasteiger partial charge in [0.15, 0.2) is 0 Å². The van der Waals surface area contributed by atoms with Crippen LogP contribution in [0.5, 0.6) is 0 Å². The molecule has 1 aromatic rings. The largest absolute Gasteiger partial charge is 1.00 e. The summed E-state index contributed by atoms with van der Waals surface area (Å²) < 4.78 is 1.45. The molecule has 2 aliphatic rings. The zero-order chi connectivity index (χ0) is 14.1. The average Bonchev–Trinajstić information content (AvgIpc) is 3.02. The molecule has 22 heavy (non-hydrogen) atoms. The molecule has 2 aliphatic carbocycles. The van der Waals surface area contributed by atoms with E-state index in [-0.39, 0.29) is 31.4 Å². The van der Waals surface area contributed by atoms with Gasteiger partial charge in [-0.2, -0.15) is 0 Å². The molecule has 1 nitrogen and oxygen atoms in total. The molecule has 3 rings (SSSR count). The predicted molar refractivity (Wildman–Crippen MR) is 79.5 cm³/mol. The summed E-state index contributed by atoms with van der Waals surface area (Å²) in [4.78, 5) is 0. The Kier molecular flexibility index (Phi) is 7.55. The Morgan fingerprint density at radius 3 is 2.50 bits per heavy atom. The third kappa shape index (κ3) is 3.26. The number of halogens is 2. The van der Waals surface area contributed by atoms with Gasteiger partial charge in [0.1, 0.15) is 0 Å². The Balaban J connectivity index is 0.00000121. The van der Waals surface area contributed by atoms with Gasteiger partial charge in [0, 0.05) is 0 Å². The number of benzene rings is 1. The van der Waals surface area contributed by atoms with Crippen LogP contribution < -0.4 is 24.8 Å². The van der Waals surface area contributed by atoms with E-state index >= 15 is 0 Å². The van der Waals surface area contributed by atoms with Gasteiger partial charge in [0.25, 0.3) is 0 Å². The van der Waals surface area contributed by atoms with Crippen molar-refractivity contribution in [3.05, 3.63) is 70.3 Å². The van der Waals surface area contributed by atoms with E-state index < -0.39 is 0 Å². The molecule has 0 aliphatic heterocycles. The van der Waals surface area contributed by atoms with Crippen molar-refractivity contribution in [3.63, 3.8) is 0 Å². The molecule has 0 heterocycles. The number of aliphatic hydroxyl groups is 1. The van der Waals surface area contributed by atoms with Gasteiger partial charge in [-0.3, -0.25) is 0 Å². The van der Waals surface area contributed by atoms with E-state index in [1.54, 1.807) is 0 Å². The number of allylic oxidation sites excluding steroid dienone is 6. The predicted octanol–water partition coefficient (Wildman–Crippen LogP) is -1.99. The van der Waals surface area contributed by atoms with Gasteiger partial charge < -0.3 is 24.8 Å². The normalized spacial score (nSPS) is 17.7. The maximum Gasteiger partial charge on any atom is -1.00 e. The quantitative estimate of drug-likeness (QED) is 0.611. The van der Waals surface area contributed by atoms with Crippen LogP contribution in [0, 0.1) is 0 Å². The van der Waals surface area contributed by atoms with E-state index in [1.165, 1.54) is 61.4 Å². The molecule has 0 saturated heterocycles. The number of fused-ring (bicyclic) bond motifs is 1. The van der Waals surface area contributed by atoms with Crippen LogP contribution in [0.25, 0.3) is 8.85 Å². The van der Waals surface area contributed by atoms with E-state index in [1.807, 2.05) is 0 Å². The van der Waals surface area contributed by atoms with Crippen LogP contribution in [0.4, 0.5) is 0 Å². The summed E-state index contributed by atoms with van der Waals surface area (Å²) in [6, 6.07) is 8.68. The van der Waals surface area contributed by atoms with Crippen LogP contribution in [0.15, 0.2) is 59.2 Å². The molecule has 0 radical (unpaired) electrons. The Morgan fingerprint density at radius 1 is 1.18 bits per heavy atom. The molecule has 0 saturated carbocycles. The fourth-order valence-electron chi connectivity index (χ4n) is 3.12. The van der Waals surface area contributed by atoms with E-state index in [2.05, 4.69) is 49.4 Å². The van der Waals surface area contributed by atoms with E-state index in [0.717, 1.165) is 12.8 Å². The molecule has 0 amide bonds. The molecule has 1 aromatic carbocycles. The first kappa shape index (κ1) is 19.6. The van der Waals surface area contributed by atoms with Crippen molar-refractivity contribution in [1.29, 1.82) is 0 Å². The van der Waals surface area contributed by atoms with Gasteiger partial charge >= 0.3 is 135 Å². The second kappa shape index (κ2) is 8.45. The molecule has 113 valence electrons. The SMILES string of the molecule is CC=C1C(C2=C(CCO)C=CC2)=[C]([Zr+2])c2ccccc21.[Cl-].[Cl-]. The molecule has 0 aromatic heterocycles. The molecular formula is C18H17Cl2OZr. The molecule has 4 heteroatoms. The van der Waals surface area contributed by atoms with Gasteiger partial charge in [-0.15, -0.1) is 0 Å². The maximum atomic E-state index is 9.26. The van der Waals surface area contributed by atoms with Gasteiger partial charge in [-0.25, -0.2) is 0 Å². The Labute approximate surface area is 159 Å². The van der Waals surface area contributed by atoms with Gasteiger partial charge in [0.2, 0.25) is 0 Å². The zero-order valence-corrected chi connectivity index (χ0v) is 16.3. The van der Waals surface area contributed by atoms with Gasteiger partial charge in [-0.1, -0.05) is 0 Å². The third-order valence-corrected chi connectivity index (χ3v) is 5.28. The molecule has 1 N–H and O–H groups in total. The molecule has 0 atom stereocenters. The van der Waals surface area contributed by atoms with Crippen molar-refractivity contribution in [2.24, 2.45) is 0 Å². The van der Waals surface area contributed by atoms with E-state index in [0.29, 0.717) is 0 Å². The fourth-order valence-corrected chi connectivity index (χ4v) is 4.36. The Hall–Kier alpha value is -0.397. The minimum Gasteiger partial charge on any atom is -1.00 e. The summed E-state index contributed by atoms with van der Waals surface area (Å²) in [7, 11) is 0. The zero-order valence-electron chi connectivity index (χ0n) is 12.4. The van der Waals surface area contributed by atoms with Crippen molar-refractivity contribution in [3.8, 4) is 0 Å². The van der Waals surface area contributed by atoms with Crippen LogP contribution in [-0.2, 0) is 24.7 Å². The minimum absolute atomic E-state index is 0. The minimum atomic E-state index is 0. The Morgan fingerprint density at radius 2 is 1.86 bits per heavy atom. The summed E-state index contributed by atoms with van der Waals surface area (Å²) in [6.45, 7) is 2.34. The van der Waals surface area contributed by atoms with Crippen molar-refractivity contribution in [1.82, 2.24) is 0 Å². The van der Waals surface area contributed by atoms with E-state index in [4.69, 9.17) is 0 Å². The van der Waals surface area contributed by atoms with Crippen LogP contribution in [-0.4, -0.2) is 11.7 Å². The first-order valence-electron chi connectivity index (χ1n) is 7.00. The van der Waals surface area contributed by atoms with Crippen molar-refractivity contribution >= 4 is 8.85 Å². The Bertz CT molecular complexity index is 684. The second-order valence-electron chi connectivity index (χ2n) is 5.08. The van der Waals surface area contributed by atoms with Crippen LogP contribution >= 0.6 is 0 Å². The van der Waals surface area contributed by atoms with Crippen LogP contribution in [0.3, 0.4) is 0 Å². The summed E-state index contributed by atoms with van der Waals surface area (Å²) in [5.74, 6) is 0. The monoisotopic (exact) mass is 409 g/mol. The smallest absolute Gasteiger partial charge is 1.00 e. The van der Waals surface area contributed by atoms with Crippen LogP contribution in [0.1, 0.15) is 30.9 Å². The van der Waals surface area contributed by atoms with Crippen molar-refractivity contribution in [2.45, 2.75) is 19.8 Å². The van der Waals surface area contributed by atoms with Gasteiger partial charge in [0.05, 0.1) is 0 Å². The first-order chi connectivity index (χ1) is 9.77. The van der Waals surface area contributed by atoms with E-state index in [9.17, 15) is 5.11 Å². The van der Waals surface area contributed by atoms with Crippen molar-refractivity contribution in [2.75, 3.05) is 6.61 Å². The summed E-state index contributed by atoms with van der Waals surface area (Å²) in [6.07, 6.45) is 8.37. The third-order valence-electron chi connectivity index (χ3n) is 4.01. The molecular weight excluding hydrogens is 394 g/mol. The standard InChI is InChI=1S/C18H17O.2ClH.Zr/c1-2-15-17-8-4-3-6-14(17)12-18(15)16-9-5-7-13(16)10-11-19;;;/h2-8,19H,9-11H2,1H3;2*1H;/q;;;+2/p-2. The van der Waals surface area contributed by atoms with Crippen molar-refractivity contribution < 1.29 is 54.6 Å². The first-order valence-corrected chi connectivity index (χ1v) is 8.23. The number of aliphatic hydroxyl groups excluding tert-OH is 1. The summed E-state index contributed by atoms with van der Waals surface area (Å²) >= 11 is 1.46. The fraction of sp³-hybridized carbons (Fsp3) is 0.222. The molecule has 0 fully saturated rings. The molecule has 0 unspecified atom stereocenters. The van der Waals surface area contributed by atoms with Crippen LogP contribution in [0.2, 0.25) is 0 Å². The number of rotatable bonds is 3. The van der Waals surface area contributed by atoms with Gasteiger partial charge in [-0.05, 0) is 0 Å². The molecule has 0 spiro atoms. The molecule has 0 bridgehead atoms. The average molecular weight is 411 g/mol. The second-order valence-corrected chi connectivity index (χ2v) is 6.31. The number of hydrogen-bond donors (Lipinski definition) is 1. The topological polar surface area (TPSA) is 20.2 Å². The summed E-state index contributed by atoms with van der Waals surface area (Å²) in [5, 5.41) is 9.26. The number of hydrogen-bond acceptors (Lipinski definition) is 1.